The molecule has 0 radical (unpaired) electrons. The van der Waals surface area contributed by atoms with Crippen molar-refractivity contribution in [1.29, 1.82) is 0 Å². The van der Waals surface area contributed by atoms with Crippen molar-refractivity contribution < 1.29 is 4.42 Å². The van der Waals surface area contributed by atoms with E-state index < -0.39 is 0 Å². The van der Waals surface area contributed by atoms with E-state index in [0.717, 1.165) is 26.7 Å². The van der Waals surface area contributed by atoms with E-state index in [1.165, 1.54) is 60.2 Å². The highest BCUT2D eigenvalue weighted by atomic mass is 79.9. The van der Waals surface area contributed by atoms with Gasteiger partial charge in [-0.1, -0.05) is 113 Å². The van der Waals surface area contributed by atoms with Crippen molar-refractivity contribution in [3.8, 4) is 27.9 Å². The minimum atomic E-state index is 0.902. The summed E-state index contributed by atoms with van der Waals surface area (Å²) >= 11 is 3.66. The molecule has 0 saturated heterocycles. The highest BCUT2D eigenvalue weighted by molar-refractivity contribution is 9.10. The van der Waals surface area contributed by atoms with Crippen LogP contribution in [0.2, 0.25) is 0 Å². The van der Waals surface area contributed by atoms with Gasteiger partial charge in [0.1, 0.15) is 11.2 Å². The first-order valence-corrected chi connectivity index (χ1v) is 15.3. The second-order valence-electron chi connectivity index (χ2n) is 11.1. The number of halogens is 1. The van der Waals surface area contributed by atoms with E-state index in [4.69, 9.17) is 4.42 Å². The quantitative estimate of drug-likeness (QED) is 0.194. The van der Waals surface area contributed by atoms with E-state index in [2.05, 4.69) is 166 Å². The molecule has 9 aromatic rings. The van der Waals surface area contributed by atoms with E-state index in [1.807, 2.05) is 0 Å². The standard InChI is InChI=1S/C40H24BrNO/c41-28-10-7-9-26(22-28)30-11-3-4-12-31(30)27-16-19-34-33-14-5-6-15-36(33)42(37(34)23-27)29-18-21-38-35(24-29)40-32-13-2-1-8-25(32)17-20-39(40)43-38/h1-24H. The zero-order valence-corrected chi connectivity index (χ0v) is 24.7. The third-order valence-electron chi connectivity index (χ3n) is 8.65. The Bertz CT molecular complexity index is 2530. The summed E-state index contributed by atoms with van der Waals surface area (Å²) in [5.41, 5.74) is 10.1. The molecule has 0 bridgehead atoms. The monoisotopic (exact) mass is 613 g/mol. The predicted molar refractivity (Wildman–Crippen MR) is 184 cm³/mol. The number of nitrogens with zero attached hydrogens (tertiary/aromatic N) is 1. The summed E-state index contributed by atoms with van der Waals surface area (Å²) in [4.78, 5) is 0. The van der Waals surface area contributed by atoms with Crippen molar-refractivity contribution in [1.82, 2.24) is 4.57 Å². The molecule has 202 valence electrons. The normalized spacial score (nSPS) is 11.8. The molecule has 9 rings (SSSR count). The van der Waals surface area contributed by atoms with Crippen molar-refractivity contribution in [3.63, 3.8) is 0 Å². The third-order valence-corrected chi connectivity index (χ3v) is 9.14. The molecule has 0 spiro atoms. The second-order valence-corrected chi connectivity index (χ2v) is 12.0. The molecule has 0 saturated carbocycles. The molecular formula is C40H24BrNO. The highest BCUT2D eigenvalue weighted by Gasteiger charge is 2.17. The molecule has 3 heteroatoms. The van der Waals surface area contributed by atoms with Crippen LogP contribution in [0.15, 0.2) is 154 Å². The predicted octanol–water partition coefficient (Wildman–Crippen LogP) is 11.9. The number of fused-ring (bicyclic) bond motifs is 8. The van der Waals surface area contributed by atoms with Crippen LogP contribution >= 0.6 is 15.9 Å². The van der Waals surface area contributed by atoms with Crippen LogP contribution in [0.25, 0.3) is 82.5 Å². The molecule has 0 aliphatic carbocycles. The number of hydrogen-bond acceptors (Lipinski definition) is 1. The lowest BCUT2D eigenvalue weighted by Gasteiger charge is -2.12. The van der Waals surface area contributed by atoms with Gasteiger partial charge in [0.2, 0.25) is 0 Å². The van der Waals surface area contributed by atoms with Gasteiger partial charge in [-0.2, -0.15) is 0 Å². The Balaban J connectivity index is 1.32. The molecule has 0 aliphatic heterocycles. The summed E-state index contributed by atoms with van der Waals surface area (Å²) in [5, 5.41) is 7.21. The van der Waals surface area contributed by atoms with Crippen molar-refractivity contribution >= 4 is 70.4 Å². The first kappa shape index (κ1) is 24.5. The summed E-state index contributed by atoms with van der Waals surface area (Å²) in [6.07, 6.45) is 0. The first-order chi connectivity index (χ1) is 21.2. The Morgan fingerprint density at radius 3 is 2.05 bits per heavy atom. The largest absolute Gasteiger partial charge is 0.456 e. The molecule has 0 aliphatic rings. The fourth-order valence-electron chi connectivity index (χ4n) is 6.73. The van der Waals surface area contributed by atoms with Crippen LogP contribution < -0.4 is 0 Å². The second kappa shape index (κ2) is 9.45. The average Bonchev–Trinajstić information content (AvgIpc) is 3.60. The highest BCUT2D eigenvalue weighted by Crippen LogP contribution is 2.40. The zero-order valence-electron chi connectivity index (χ0n) is 23.1. The Morgan fingerprint density at radius 2 is 1.19 bits per heavy atom. The molecule has 7 aromatic carbocycles. The van der Waals surface area contributed by atoms with Crippen molar-refractivity contribution in [2.75, 3.05) is 0 Å². The van der Waals surface area contributed by atoms with E-state index >= 15 is 0 Å². The Morgan fingerprint density at radius 1 is 0.465 bits per heavy atom. The fraction of sp³-hybridized carbons (Fsp3) is 0. The van der Waals surface area contributed by atoms with Gasteiger partial charge in [-0.25, -0.2) is 0 Å². The lowest BCUT2D eigenvalue weighted by molar-refractivity contribution is 0.669. The molecule has 2 heterocycles. The number of hydrogen-bond donors (Lipinski definition) is 0. The average molecular weight is 615 g/mol. The van der Waals surface area contributed by atoms with Crippen LogP contribution in [0, 0.1) is 0 Å². The van der Waals surface area contributed by atoms with Gasteiger partial charge < -0.3 is 8.98 Å². The van der Waals surface area contributed by atoms with Gasteiger partial charge in [0.25, 0.3) is 0 Å². The zero-order chi connectivity index (χ0) is 28.5. The van der Waals surface area contributed by atoms with Gasteiger partial charge >= 0.3 is 0 Å². The van der Waals surface area contributed by atoms with Crippen LogP contribution in [0.3, 0.4) is 0 Å². The molecule has 0 amide bonds. The number of benzene rings is 7. The lowest BCUT2D eigenvalue weighted by atomic mass is 9.94. The first-order valence-electron chi connectivity index (χ1n) is 14.5. The summed E-state index contributed by atoms with van der Waals surface area (Å²) in [7, 11) is 0. The van der Waals surface area contributed by atoms with Gasteiger partial charge in [0.15, 0.2) is 0 Å². The van der Waals surface area contributed by atoms with Crippen LogP contribution in [0.4, 0.5) is 0 Å². The van der Waals surface area contributed by atoms with E-state index in [9.17, 15) is 0 Å². The molecular weight excluding hydrogens is 590 g/mol. The van der Waals surface area contributed by atoms with Crippen LogP contribution in [0.5, 0.6) is 0 Å². The molecule has 2 aromatic heterocycles. The maximum atomic E-state index is 6.34. The van der Waals surface area contributed by atoms with Crippen molar-refractivity contribution in [2.24, 2.45) is 0 Å². The van der Waals surface area contributed by atoms with Gasteiger partial charge in [0, 0.05) is 31.7 Å². The Labute approximate surface area is 256 Å². The summed E-state index contributed by atoms with van der Waals surface area (Å²) in [5.74, 6) is 0. The third kappa shape index (κ3) is 3.78. The van der Waals surface area contributed by atoms with Gasteiger partial charge in [-0.05, 0) is 81.6 Å². The minimum absolute atomic E-state index is 0.902. The fourth-order valence-corrected chi connectivity index (χ4v) is 7.13. The van der Waals surface area contributed by atoms with Crippen molar-refractivity contribution in [3.05, 3.63) is 150 Å². The molecule has 0 unspecified atom stereocenters. The summed E-state index contributed by atoms with van der Waals surface area (Å²) in [6, 6.07) is 52.1. The van der Waals surface area contributed by atoms with E-state index in [-0.39, 0.29) is 0 Å². The van der Waals surface area contributed by atoms with Crippen LogP contribution in [0.1, 0.15) is 0 Å². The SMILES string of the molecule is Brc1cccc(-c2ccccc2-c2ccc3c4ccccc4n(-c4ccc5oc6ccc7ccccc7c6c5c4)c3c2)c1. The Kier molecular flexibility index (Phi) is 5.38. The van der Waals surface area contributed by atoms with Gasteiger partial charge in [0.05, 0.1) is 11.0 Å². The molecule has 0 N–H and O–H groups in total. The maximum Gasteiger partial charge on any atom is 0.136 e. The van der Waals surface area contributed by atoms with Crippen molar-refractivity contribution in [2.45, 2.75) is 0 Å². The maximum absolute atomic E-state index is 6.34. The Hall–Kier alpha value is -5.12. The van der Waals surface area contributed by atoms with E-state index in [0.29, 0.717) is 0 Å². The molecule has 0 atom stereocenters. The van der Waals surface area contributed by atoms with Crippen LogP contribution in [-0.4, -0.2) is 4.57 Å². The van der Waals surface area contributed by atoms with E-state index in [1.54, 1.807) is 0 Å². The molecule has 0 fully saturated rings. The number of furan rings is 1. The molecule has 2 nitrogen and oxygen atoms in total. The number of aromatic nitrogens is 1. The van der Waals surface area contributed by atoms with Gasteiger partial charge in [-0.15, -0.1) is 0 Å². The number of rotatable bonds is 3. The smallest absolute Gasteiger partial charge is 0.136 e. The van der Waals surface area contributed by atoms with Crippen LogP contribution in [-0.2, 0) is 0 Å². The summed E-state index contributed by atoms with van der Waals surface area (Å²) in [6.45, 7) is 0. The van der Waals surface area contributed by atoms with Gasteiger partial charge in [-0.3, -0.25) is 0 Å². The number of para-hydroxylation sites is 1. The topological polar surface area (TPSA) is 18.1 Å². The molecule has 43 heavy (non-hydrogen) atoms. The minimum Gasteiger partial charge on any atom is -0.456 e. The lowest BCUT2D eigenvalue weighted by Crippen LogP contribution is -1.94. The summed E-state index contributed by atoms with van der Waals surface area (Å²) < 4.78 is 9.81.